The number of benzene rings is 1. The second-order valence-electron chi connectivity index (χ2n) is 5.78. The second-order valence-corrected chi connectivity index (χ2v) is 5.78. The van der Waals surface area contributed by atoms with Gasteiger partial charge in [-0.25, -0.2) is 4.79 Å². The molecule has 0 saturated heterocycles. The number of urea groups is 1. The number of hydrogen-bond donors (Lipinski definition) is 2. The number of hydrogen-bond acceptors (Lipinski definition) is 3. The highest BCUT2D eigenvalue weighted by molar-refractivity contribution is 5.74. The normalized spacial score (nSPS) is 21.3. The highest BCUT2D eigenvalue weighted by Gasteiger charge is 2.23. The molecule has 0 bridgehead atoms. The van der Waals surface area contributed by atoms with Crippen molar-refractivity contribution in [2.45, 2.75) is 44.2 Å². The number of fused-ring (bicyclic) bond motifs is 1. The molecule has 1 aromatic carbocycles. The van der Waals surface area contributed by atoms with Gasteiger partial charge in [-0.15, -0.1) is 0 Å². The Bertz CT molecular complexity index is 512. The van der Waals surface area contributed by atoms with Gasteiger partial charge in [0.1, 0.15) is 18.1 Å². The maximum absolute atomic E-state index is 12.0. The summed E-state index contributed by atoms with van der Waals surface area (Å²) in [5.74, 6) is 1.69. The van der Waals surface area contributed by atoms with Crippen LogP contribution in [0.3, 0.4) is 0 Å². The summed E-state index contributed by atoms with van der Waals surface area (Å²) in [7, 11) is 1.65. The summed E-state index contributed by atoms with van der Waals surface area (Å²) in [6.07, 6.45) is 5.38. The van der Waals surface area contributed by atoms with Crippen LogP contribution in [0, 0.1) is 0 Å². The minimum absolute atomic E-state index is 0.00556. The van der Waals surface area contributed by atoms with Gasteiger partial charge in [0.25, 0.3) is 0 Å². The van der Waals surface area contributed by atoms with Crippen LogP contribution in [0.5, 0.6) is 11.5 Å². The first-order chi connectivity index (χ1) is 10.2. The molecule has 3 rings (SSSR count). The maximum Gasteiger partial charge on any atom is 0.315 e. The van der Waals surface area contributed by atoms with Crippen molar-refractivity contribution in [2.75, 3.05) is 13.7 Å². The van der Waals surface area contributed by atoms with E-state index in [2.05, 4.69) is 10.6 Å². The average Bonchev–Trinajstić information content (AvgIpc) is 2.99. The zero-order valence-electron chi connectivity index (χ0n) is 12.4. The van der Waals surface area contributed by atoms with E-state index in [-0.39, 0.29) is 12.1 Å². The molecule has 0 aromatic heterocycles. The molecule has 2 N–H and O–H groups in total. The molecule has 0 unspecified atom stereocenters. The standard InChI is InChI=1S/C16H22N2O3/c1-20-14-6-7-15-11(9-14)8-13(10-21-15)18-16(19)17-12-4-2-3-5-12/h6-7,9,12-13H,2-5,8,10H2,1H3,(H2,17,18,19)/t13-/m1/s1. The van der Waals surface area contributed by atoms with Crippen LogP contribution in [0.2, 0.25) is 0 Å². The highest BCUT2D eigenvalue weighted by Crippen LogP contribution is 2.28. The van der Waals surface area contributed by atoms with E-state index in [0.717, 1.165) is 36.3 Å². The summed E-state index contributed by atoms with van der Waals surface area (Å²) in [6.45, 7) is 0.511. The molecule has 1 atom stereocenters. The Balaban J connectivity index is 1.56. The van der Waals surface area contributed by atoms with E-state index in [1.807, 2.05) is 18.2 Å². The summed E-state index contributed by atoms with van der Waals surface area (Å²) in [6, 6.07) is 6.04. The van der Waals surface area contributed by atoms with Crippen LogP contribution >= 0.6 is 0 Å². The van der Waals surface area contributed by atoms with Crippen molar-refractivity contribution in [3.8, 4) is 11.5 Å². The van der Waals surface area contributed by atoms with Crippen molar-refractivity contribution in [1.29, 1.82) is 0 Å². The summed E-state index contributed by atoms with van der Waals surface area (Å²) < 4.78 is 10.9. The third-order valence-electron chi connectivity index (χ3n) is 4.20. The fourth-order valence-corrected chi connectivity index (χ4v) is 3.07. The molecular formula is C16H22N2O3. The maximum atomic E-state index is 12.0. The van der Waals surface area contributed by atoms with Gasteiger partial charge in [0.2, 0.25) is 0 Å². The zero-order chi connectivity index (χ0) is 14.7. The summed E-state index contributed by atoms with van der Waals surface area (Å²) in [5.41, 5.74) is 1.08. The van der Waals surface area contributed by atoms with Crippen LogP contribution in [0.15, 0.2) is 18.2 Å². The molecule has 0 spiro atoms. The fraction of sp³-hybridized carbons (Fsp3) is 0.562. The van der Waals surface area contributed by atoms with Crippen LogP contribution in [-0.2, 0) is 6.42 Å². The van der Waals surface area contributed by atoms with Gasteiger partial charge in [0, 0.05) is 6.04 Å². The molecule has 1 aliphatic carbocycles. The molecule has 1 aromatic rings. The highest BCUT2D eigenvalue weighted by atomic mass is 16.5. The van der Waals surface area contributed by atoms with E-state index in [0.29, 0.717) is 12.6 Å². The molecule has 1 saturated carbocycles. The van der Waals surface area contributed by atoms with Crippen LogP contribution in [0.4, 0.5) is 4.79 Å². The second kappa shape index (κ2) is 6.24. The van der Waals surface area contributed by atoms with Gasteiger partial charge in [-0.1, -0.05) is 12.8 Å². The van der Waals surface area contributed by atoms with Gasteiger partial charge < -0.3 is 20.1 Å². The lowest BCUT2D eigenvalue weighted by Crippen LogP contribution is -2.49. The summed E-state index contributed by atoms with van der Waals surface area (Å²) in [5, 5.41) is 6.05. The number of nitrogens with one attached hydrogen (secondary N) is 2. The van der Waals surface area contributed by atoms with Crippen molar-refractivity contribution in [3.05, 3.63) is 23.8 Å². The Morgan fingerprint density at radius 3 is 2.76 bits per heavy atom. The Kier molecular flexibility index (Phi) is 4.18. The van der Waals surface area contributed by atoms with E-state index < -0.39 is 0 Å². The minimum Gasteiger partial charge on any atom is -0.497 e. The van der Waals surface area contributed by atoms with Gasteiger partial charge in [0.15, 0.2) is 0 Å². The van der Waals surface area contributed by atoms with E-state index in [9.17, 15) is 4.79 Å². The number of amides is 2. The predicted molar refractivity (Wildman–Crippen MR) is 79.9 cm³/mol. The first-order valence-electron chi connectivity index (χ1n) is 7.61. The molecule has 1 fully saturated rings. The lowest BCUT2D eigenvalue weighted by Gasteiger charge is -2.27. The molecule has 5 heteroatoms. The van der Waals surface area contributed by atoms with Gasteiger partial charge in [-0.2, -0.15) is 0 Å². The van der Waals surface area contributed by atoms with E-state index in [1.54, 1.807) is 7.11 Å². The Morgan fingerprint density at radius 1 is 1.24 bits per heavy atom. The molecule has 2 amide bonds. The molecule has 114 valence electrons. The van der Waals surface area contributed by atoms with Gasteiger partial charge in [-0.3, -0.25) is 0 Å². The predicted octanol–water partition coefficient (Wildman–Crippen LogP) is 2.24. The van der Waals surface area contributed by atoms with E-state index >= 15 is 0 Å². The van der Waals surface area contributed by atoms with Gasteiger partial charge in [0.05, 0.1) is 13.2 Å². The van der Waals surface area contributed by atoms with Crippen molar-refractivity contribution in [1.82, 2.24) is 10.6 Å². The van der Waals surface area contributed by atoms with E-state index in [4.69, 9.17) is 9.47 Å². The van der Waals surface area contributed by atoms with Crippen LogP contribution in [0.25, 0.3) is 0 Å². The quantitative estimate of drug-likeness (QED) is 0.897. The minimum atomic E-state index is -0.0816. The number of methoxy groups -OCH3 is 1. The van der Waals surface area contributed by atoms with Crippen LogP contribution in [0.1, 0.15) is 31.2 Å². The molecule has 1 heterocycles. The number of carbonyl (C=O) groups is 1. The summed E-state index contributed by atoms with van der Waals surface area (Å²) in [4.78, 5) is 12.0. The lowest BCUT2D eigenvalue weighted by atomic mass is 10.0. The molecule has 5 nitrogen and oxygen atoms in total. The molecular weight excluding hydrogens is 268 g/mol. The van der Waals surface area contributed by atoms with Crippen LogP contribution < -0.4 is 20.1 Å². The summed E-state index contributed by atoms with van der Waals surface area (Å²) >= 11 is 0. The largest absolute Gasteiger partial charge is 0.497 e. The number of rotatable bonds is 3. The van der Waals surface area contributed by atoms with Crippen LogP contribution in [-0.4, -0.2) is 31.8 Å². The monoisotopic (exact) mass is 290 g/mol. The molecule has 1 aliphatic heterocycles. The smallest absolute Gasteiger partial charge is 0.315 e. The third kappa shape index (κ3) is 3.40. The lowest BCUT2D eigenvalue weighted by molar-refractivity contribution is 0.211. The third-order valence-corrected chi connectivity index (χ3v) is 4.20. The molecule has 2 aliphatic rings. The van der Waals surface area contributed by atoms with Crippen molar-refractivity contribution in [3.63, 3.8) is 0 Å². The van der Waals surface area contributed by atoms with Crippen molar-refractivity contribution in [2.24, 2.45) is 0 Å². The first-order valence-corrected chi connectivity index (χ1v) is 7.61. The molecule has 21 heavy (non-hydrogen) atoms. The van der Waals surface area contributed by atoms with Gasteiger partial charge >= 0.3 is 6.03 Å². The first kappa shape index (κ1) is 14.0. The number of carbonyl (C=O) groups excluding carboxylic acids is 1. The zero-order valence-corrected chi connectivity index (χ0v) is 12.4. The molecule has 0 radical (unpaired) electrons. The SMILES string of the molecule is COc1ccc2c(c1)C[C@@H](NC(=O)NC1CCCC1)CO2. The number of ether oxygens (including phenoxy) is 2. The van der Waals surface area contributed by atoms with E-state index in [1.165, 1.54) is 12.8 Å². The van der Waals surface area contributed by atoms with Crippen molar-refractivity contribution < 1.29 is 14.3 Å². The topological polar surface area (TPSA) is 59.6 Å². The fourth-order valence-electron chi connectivity index (χ4n) is 3.07. The van der Waals surface area contributed by atoms with Gasteiger partial charge in [-0.05, 0) is 43.0 Å². The average molecular weight is 290 g/mol. The Morgan fingerprint density at radius 2 is 2.00 bits per heavy atom. The Hall–Kier alpha value is -1.91. The van der Waals surface area contributed by atoms with Crippen molar-refractivity contribution >= 4 is 6.03 Å². The Labute approximate surface area is 125 Å².